The average Bonchev–Trinajstić information content (AvgIpc) is 3.69. The summed E-state index contributed by atoms with van der Waals surface area (Å²) < 4.78 is 3.43. The van der Waals surface area contributed by atoms with Gasteiger partial charge >= 0.3 is 11.4 Å². The molecule has 13 N–H and O–H groups in total. The number of nitrogens with zero attached hydrogens (tertiary/aromatic N) is 9. The molecule has 0 aliphatic heterocycles. The number of carbonyl (C=O) groups is 6. The molecule has 0 aliphatic rings. The van der Waals surface area contributed by atoms with Crippen LogP contribution < -0.4 is 61.4 Å². The zero-order valence-corrected chi connectivity index (χ0v) is 43.0. The Morgan fingerprint density at radius 2 is 1.35 bits per heavy atom. The molecule has 28 heteroatoms. The van der Waals surface area contributed by atoms with Gasteiger partial charge in [0.05, 0.1) is 25.0 Å². The lowest BCUT2D eigenvalue weighted by Crippen LogP contribution is -2.53. The summed E-state index contributed by atoms with van der Waals surface area (Å²) in [6.45, 7) is 9.30. The number of Topliss-reactive ketones (excluding diaryl/α,β-unsaturated/α-hetero) is 1. The van der Waals surface area contributed by atoms with Crippen molar-refractivity contribution in [1.82, 2.24) is 64.3 Å². The summed E-state index contributed by atoms with van der Waals surface area (Å²) in [6.07, 6.45) is 5.03. The Bertz CT molecular complexity index is 2940. The predicted molar refractivity (Wildman–Crippen MR) is 275 cm³/mol. The number of nitrogens with two attached hydrogens (primary N) is 4. The molecule has 0 saturated carbocycles. The van der Waals surface area contributed by atoms with Gasteiger partial charge in [-0.1, -0.05) is 20.8 Å². The molecule has 0 unspecified atom stereocenters. The second-order valence-corrected chi connectivity index (χ2v) is 19.8. The molecule has 74 heavy (non-hydrogen) atoms. The number of ketones is 1. The molecule has 4 aromatic rings. The minimum Gasteiger partial charge on any atom is -0.383 e. The van der Waals surface area contributed by atoms with E-state index in [0.29, 0.717) is 12.8 Å². The number of carbonyl (C=O) groups excluding carboxylic acids is 6. The largest absolute Gasteiger partial charge is 0.383 e. The van der Waals surface area contributed by atoms with E-state index in [0.717, 1.165) is 14.0 Å². The number of aryl methyl sites for hydroxylation is 1. The maximum absolute atomic E-state index is 14.2. The average molecular weight is 1040 g/mol. The van der Waals surface area contributed by atoms with E-state index in [4.69, 9.17) is 22.9 Å². The molecule has 404 valence electrons. The molecule has 4 aromatic heterocycles. The fourth-order valence-corrected chi connectivity index (χ4v) is 7.26. The normalized spacial score (nSPS) is 11.9. The maximum atomic E-state index is 14.2. The van der Waals surface area contributed by atoms with Crippen molar-refractivity contribution in [2.45, 2.75) is 98.9 Å². The summed E-state index contributed by atoms with van der Waals surface area (Å²) >= 11 is 0. The first kappa shape index (κ1) is 58.4. The van der Waals surface area contributed by atoms with Gasteiger partial charge in [-0.15, -0.1) is 0 Å². The minimum atomic E-state index is -0.890. The fraction of sp³-hybridized carbons (Fsp3) is 0.543. The smallest absolute Gasteiger partial charge is 0.349 e. The van der Waals surface area contributed by atoms with Crippen LogP contribution >= 0.6 is 0 Å². The van der Waals surface area contributed by atoms with Gasteiger partial charge in [-0.2, -0.15) is 9.97 Å². The van der Waals surface area contributed by atoms with Crippen molar-refractivity contribution in [3.05, 3.63) is 78.0 Å². The van der Waals surface area contributed by atoms with Crippen LogP contribution in [0.15, 0.2) is 54.9 Å². The lowest BCUT2D eigenvalue weighted by molar-refractivity contribution is -0.139. The molecule has 0 aromatic carbocycles. The first-order valence-corrected chi connectivity index (χ1v) is 23.8. The van der Waals surface area contributed by atoms with Crippen molar-refractivity contribution in [2.75, 3.05) is 70.4 Å². The first-order valence-electron chi connectivity index (χ1n) is 23.8. The van der Waals surface area contributed by atoms with E-state index in [9.17, 15) is 47.9 Å². The van der Waals surface area contributed by atoms with Crippen LogP contribution in [0.3, 0.4) is 0 Å². The van der Waals surface area contributed by atoms with E-state index in [1.54, 1.807) is 20.8 Å². The minimum absolute atomic E-state index is 0.0356. The lowest BCUT2D eigenvalue weighted by Gasteiger charge is -2.30. The number of aliphatic imine (C=N–C) groups is 1. The van der Waals surface area contributed by atoms with E-state index >= 15 is 0 Å². The molecular formula is C46H70N18O10. The van der Waals surface area contributed by atoms with Crippen LogP contribution in [0.25, 0.3) is 11.0 Å². The second kappa shape index (κ2) is 26.0. The number of aromatic nitrogens is 7. The highest BCUT2D eigenvalue weighted by molar-refractivity contribution is 5.90. The van der Waals surface area contributed by atoms with Crippen LogP contribution in [0.1, 0.15) is 66.4 Å². The van der Waals surface area contributed by atoms with Crippen LogP contribution in [0.5, 0.6) is 0 Å². The number of rotatable bonds is 26. The van der Waals surface area contributed by atoms with Crippen molar-refractivity contribution >= 4 is 64.1 Å². The SMILES string of the molecule is Cc1cn(CC(=O)N(CC(=O)NCCN(CC(=O)C(C)(C)C)C(=O)Cn2ccc3c(=O)[nH]c(N)nc32)C[C@H](CCCCN=C(N)N)NC(=O)CN(CCNC(C)(C)C)C(=O)Cn2ccc(N)nc2=O)c(=O)[nH]c1=O. The highest BCUT2D eigenvalue weighted by atomic mass is 16.2. The topological polar surface area (TPSA) is 405 Å². The van der Waals surface area contributed by atoms with Crippen molar-refractivity contribution in [3.8, 4) is 0 Å². The molecule has 28 nitrogen and oxygen atoms in total. The standard InChI is InChI=1S/C46H70N18O10/c1-28-20-64(44(74)58-39(28)71)27-37(70)63(23-33(66)51-14-18-59(22-31(65)45(2,3)4)35(68)25-61-16-11-30-38(61)56-42(50)57-40(30)72)21-29(10-8-9-13-52-41(48)49)54-34(67)24-60(19-15-53-46(5,6)7)36(69)26-62-17-12-32(47)55-43(62)73/h11-12,16-17,20,29,53H,8-10,13-15,18-19,21-27H2,1-7H3,(H,51,66)(H,54,67)(H2,47,55,73)(H4,48,49,52)(H,58,71,74)(H3,50,56,57,72)/t29-/m0/s1. The Morgan fingerprint density at radius 1 is 0.743 bits per heavy atom. The molecule has 5 amide bonds. The van der Waals surface area contributed by atoms with Gasteiger partial charge < -0.3 is 58.2 Å². The summed E-state index contributed by atoms with van der Waals surface area (Å²) in [6, 6.07) is 1.94. The van der Waals surface area contributed by atoms with Gasteiger partial charge in [0, 0.05) is 80.4 Å². The van der Waals surface area contributed by atoms with E-state index in [-0.39, 0.29) is 104 Å². The monoisotopic (exact) mass is 1030 g/mol. The maximum Gasteiger partial charge on any atom is 0.349 e. The third-order valence-electron chi connectivity index (χ3n) is 11.3. The number of H-pyrrole nitrogens is 2. The third kappa shape index (κ3) is 18.5. The molecule has 1 atom stereocenters. The molecule has 0 fully saturated rings. The molecule has 4 rings (SSSR count). The number of hydrogen-bond acceptors (Lipinski definition) is 16. The molecular weight excluding hydrogens is 965 g/mol. The lowest BCUT2D eigenvalue weighted by atomic mass is 9.90. The summed E-state index contributed by atoms with van der Waals surface area (Å²) in [7, 11) is 0. The highest BCUT2D eigenvalue weighted by Gasteiger charge is 2.29. The Labute approximate surface area is 425 Å². The second-order valence-electron chi connectivity index (χ2n) is 19.8. The van der Waals surface area contributed by atoms with Crippen LogP contribution in [0.2, 0.25) is 0 Å². The Balaban J connectivity index is 1.60. The number of hydrogen-bond donors (Lipinski definition) is 9. The third-order valence-corrected chi connectivity index (χ3v) is 11.3. The quantitative estimate of drug-likeness (QED) is 0.0168. The zero-order valence-electron chi connectivity index (χ0n) is 43.0. The number of amides is 5. The predicted octanol–water partition coefficient (Wildman–Crippen LogP) is -3.46. The van der Waals surface area contributed by atoms with E-state index in [1.165, 1.54) is 52.0 Å². The van der Waals surface area contributed by atoms with Crippen LogP contribution in [-0.2, 0) is 48.4 Å². The summed E-state index contributed by atoms with van der Waals surface area (Å²) in [5.74, 6) is -3.88. The van der Waals surface area contributed by atoms with Gasteiger partial charge in [0.15, 0.2) is 11.7 Å². The summed E-state index contributed by atoms with van der Waals surface area (Å²) in [5, 5.41) is 9.04. The van der Waals surface area contributed by atoms with Crippen molar-refractivity contribution in [2.24, 2.45) is 21.9 Å². The van der Waals surface area contributed by atoms with Gasteiger partial charge in [-0.3, -0.25) is 62.5 Å². The Kier molecular flexibility index (Phi) is 20.5. The fourth-order valence-electron chi connectivity index (χ4n) is 7.26. The highest BCUT2D eigenvalue weighted by Crippen LogP contribution is 2.16. The molecule has 0 saturated heterocycles. The summed E-state index contributed by atoms with van der Waals surface area (Å²) in [5.41, 5.74) is 18.7. The molecule has 0 spiro atoms. The van der Waals surface area contributed by atoms with E-state index < -0.39 is 89.7 Å². The first-order chi connectivity index (χ1) is 34.6. The van der Waals surface area contributed by atoms with Crippen molar-refractivity contribution < 1.29 is 28.8 Å². The van der Waals surface area contributed by atoms with Gasteiger partial charge in [-0.05, 0) is 59.1 Å². The number of fused-ring (bicyclic) bond motifs is 1. The number of nitrogen functional groups attached to an aromatic ring is 2. The summed E-state index contributed by atoms with van der Waals surface area (Å²) in [4.78, 5) is 153. The van der Waals surface area contributed by atoms with E-state index in [2.05, 4.69) is 40.9 Å². The number of unbranched alkanes of at least 4 members (excludes halogenated alkanes) is 1. The molecule has 4 heterocycles. The van der Waals surface area contributed by atoms with Gasteiger partial charge in [0.1, 0.15) is 31.1 Å². The van der Waals surface area contributed by atoms with Crippen LogP contribution in [-0.4, -0.2) is 160 Å². The number of nitrogens with one attached hydrogen (secondary N) is 5. The number of aromatic amines is 2. The van der Waals surface area contributed by atoms with Crippen molar-refractivity contribution in [3.63, 3.8) is 0 Å². The molecule has 0 bridgehead atoms. The Hall–Kier alpha value is -8.17. The number of anilines is 2. The van der Waals surface area contributed by atoms with Crippen molar-refractivity contribution in [1.29, 1.82) is 0 Å². The van der Waals surface area contributed by atoms with E-state index in [1.807, 2.05) is 20.8 Å². The Morgan fingerprint density at radius 3 is 2.00 bits per heavy atom. The van der Waals surface area contributed by atoms with Gasteiger partial charge in [-0.25, -0.2) is 9.59 Å². The zero-order chi connectivity index (χ0) is 55.1. The molecule has 0 radical (unpaired) electrons. The van der Waals surface area contributed by atoms with Gasteiger partial charge in [0.2, 0.25) is 35.5 Å². The van der Waals surface area contributed by atoms with Crippen LogP contribution in [0, 0.1) is 12.3 Å². The van der Waals surface area contributed by atoms with Crippen LogP contribution in [0.4, 0.5) is 11.8 Å². The molecule has 0 aliphatic carbocycles. The number of guanidine groups is 1. The van der Waals surface area contributed by atoms with Gasteiger partial charge in [0.25, 0.3) is 11.1 Å².